The predicted molar refractivity (Wildman–Crippen MR) is 98.3 cm³/mol. The van der Waals surface area contributed by atoms with E-state index in [2.05, 4.69) is 26.3 Å². The van der Waals surface area contributed by atoms with E-state index in [1.165, 1.54) is 0 Å². The molecular formula is C17H21ClN6O2. The summed E-state index contributed by atoms with van der Waals surface area (Å²) in [7, 11) is 0. The summed E-state index contributed by atoms with van der Waals surface area (Å²) in [5, 5.41) is 16.9. The summed E-state index contributed by atoms with van der Waals surface area (Å²) in [4.78, 5) is 24.2. The molecular weight excluding hydrogens is 356 g/mol. The number of aromatic nitrogens is 3. The maximum atomic E-state index is 12.2. The van der Waals surface area contributed by atoms with E-state index < -0.39 is 5.91 Å². The summed E-state index contributed by atoms with van der Waals surface area (Å²) in [5.41, 5.74) is 1.70. The molecule has 0 atom stereocenters. The van der Waals surface area contributed by atoms with Crippen LogP contribution in [0.5, 0.6) is 0 Å². The minimum atomic E-state index is -0.435. The molecule has 138 valence electrons. The Bertz CT molecular complexity index is 800. The van der Waals surface area contributed by atoms with Crippen LogP contribution in [0.25, 0.3) is 0 Å². The first-order valence-electron chi connectivity index (χ1n) is 8.49. The zero-order valence-electron chi connectivity index (χ0n) is 14.5. The van der Waals surface area contributed by atoms with Gasteiger partial charge in [-0.2, -0.15) is 0 Å². The zero-order chi connectivity index (χ0) is 18.5. The van der Waals surface area contributed by atoms with E-state index in [0.717, 1.165) is 31.5 Å². The van der Waals surface area contributed by atoms with Crippen molar-refractivity contribution in [3.05, 3.63) is 40.7 Å². The van der Waals surface area contributed by atoms with Crippen molar-refractivity contribution in [1.29, 1.82) is 0 Å². The molecule has 3 N–H and O–H groups in total. The van der Waals surface area contributed by atoms with Crippen LogP contribution in [0.4, 0.5) is 5.69 Å². The lowest BCUT2D eigenvalue weighted by atomic mass is 10.1. The summed E-state index contributed by atoms with van der Waals surface area (Å²) >= 11 is 6.08. The van der Waals surface area contributed by atoms with Gasteiger partial charge in [-0.3, -0.25) is 9.59 Å². The highest BCUT2D eigenvalue weighted by molar-refractivity contribution is 6.33. The van der Waals surface area contributed by atoms with Crippen molar-refractivity contribution < 1.29 is 9.59 Å². The van der Waals surface area contributed by atoms with Crippen LogP contribution in [0.1, 0.15) is 34.9 Å². The average Bonchev–Trinajstić information content (AvgIpc) is 3.13. The number of rotatable bonds is 5. The molecule has 1 fully saturated rings. The van der Waals surface area contributed by atoms with Crippen molar-refractivity contribution in [2.24, 2.45) is 0 Å². The number of amides is 2. The molecule has 1 aliphatic rings. The molecule has 0 bridgehead atoms. The molecule has 1 saturated heterocycles. The maximum Gasteiger partial charge on any atom is 0.273 e. The third-order valence-corrected chi connectivity index (χ3v) is 4.55. The van der Waals surface area contributed by atoms with E-state index in [1.54, 1.807) is 23.0 Å². The third-order valence-electron chi connectivity index (χ3n) is 4.23. The number of hydrogen-bond donors (Lipinski definition) is 3. The zero-order valence-corrected chi connectivity index (χ0v) is 15.2. The Morgan fingerprint density at radius 2 is 2.12 bits per heavy atom. The van der Waals surface area contributed by atoms with Crippen LogP contribution in [0.3, 0.4) is 0 Å². The van der Waals surface area contributed by atoms with Gasteiger partial charge in [-0.25, -0.2) is 4.68 Å². The number of nitrogens with zero attached hydrogens (tertiary/aromatic N) is 3. The molecule has 0 aliphatic carbocycles. The smallest absolute Gasteiger partial charge is 0.273 e. The van der Waals surface area contributed by atoms with Gasteiger partial charge in [0.05, 0.1) is 29.5 Å². The van der Waals surface area contributed by atoms with Gasteiger partial charge in [0.25, 0.3) is 5.91 Å². The van der Waals surface area contributed by atoms with Crippen LogP contribution in [-0.4, -0.2) is 46.4 Å². The Balaban J connectivity index is 1.52. The molecule has 2 heterocycles. The standard InChI is InChI=1S/C17H21ClN6O2/c1-11-2-3-14(13(18)8-11)21-16(25)9-20-17(26)15-10-24(23-22-15)12-4-6-19-7-5-12/h2-3,8,10,12,19H,4-7,9H2,1H3,(H,20,26)(H,21,25). The van der Waals surface area contributed by atoms with Gasteiger partial charge in [0.1, 0.15) is 0 Å². The van der Waals surface area contributed by atoms with Crippen LogP contribution in [0, 0.1) is 6.92 Å². The van der Waals surface area contributed by atoms with Crippen molar-refractivity contribution in [2.75, 3.05) is 25.0 Å². The fourth-order valence-electron chi connectivity index (χ4n) is 2.80. The minimum absolute atomic E-state index is 0.177. The molecule has 9 heteroatoms. The number of carbonyl (C=O) groups excluding carboxylic acids is 2. The lowest BCUT2D eigenvalue weighted by molar-refractivity contribution is -0.115. The van der Waals surface area contributed by atoms with Gasteiger partial charge in [0.2, 0.25) is 5.91 Å². The molecule has 1 aromatic carbocycles. The summed E-state index contributed by atoms with van der Waals surface area (Å²) in [5.74, 6) is -0.801. The quantitative estimate of drug-likeness (QED) is 0.734. The molecule has 1 aliphatic heterocycles. The number of piperidine rings is 1. The molecule has 3 rings (SSSR count). The second-order valence-corrected chi connectivity index (χ2v) is 6.69. The summed E-state index contributed by atoms with van der Waals surface area (Å²) in [6, 6.07) is 5.58. The second-order valence-electron chi connectivity index (χ2n) is 6.28. The molecule has 8 nitrogen and oxygen atoms in total. The van der Waals surface area contributed by atoms with Crippen molar-refractivity contribution in [1.82, 2.24) is 25.6 Å². The average molecular weight is 377 g/mol. The van der Waals surface area contributed by atoms with Crippen LogP contribution in [-0.2, 0) is 4.79 Å². The first-order chi connectivity index (χ1) is 12.5. The minimum Gasteiger partial charge on any atom is -0.342 e. The fraction of sp³-hybridized carbons (Fsp3) is 0.412. The Kier molecular flexibility index (Phi) is 5.85. The highest BCUT2D eigenvalue weighted by Gasteiger charge is 2.19. The number of anilines is 1. The number of carbonyl (C=O) groups is 2. The van der Waals surface area contributed by atoms with Crippen molar-refractivity contribution in [3.63, 3.8) is 0 Å². The topological polar surface area (TPSA) is 101 Å². The Morgan fingerprint density at radius 3 is 2.85 bits per heavy atom. The van der Waals surface area contributed by atoms with Gasteiger partial charge in [-0.15, -0.1) is 5.10 Å². The van der Waals surface area contributed by atoms with E-state index in [4.69, 9.17) is 11.6 Å². The number of aryl methyl sites for hydroxylation is 1. The van der Waals surface area contributed by atoms with E-state index >= 15 is 0 Å². The number of benzene rings is 1. The van der Waals surface area contributed by atoms with E-state index in [0.29, 0.717) is 10.7 Å². The highest BCUT2D eigenvalue weighted by Crippen LogP contribution is 2.22. The summed E-state index contributed by atoms with van der Waals surface area (Å²) in [6.07, 6.45) is 3.52. The summed E-state index contributed by atoms with van der Waals surface area (Å²) < 4.78 is 1.72. The fourth-order valence-corrected chi connectivity index (χ4v) is 3.08. The molecule has 2 amide bonds. The van der Waals surface area contributed by atoms with Gasteiger partial charge >= 0.3 is 0 Å². The third kappa shape index (κ3) is 4.59. The highest BCUT2D eigenvalue weighted by atomic mass is 35.5. The molecule has 0 spiro atoms. The summed E-state index contributed by atoms with van der Waals surface area (Å²) in [6.45, 7) is 3.58. The van der Waals surface area contributed by atoms with Crippen LogP contribution in [0.15, 0.2) is 24.4 Å². The molecule has 2 aromatic rings. The van der Waals surface area contributed by atoms with Gasteiger partial charge in [0.15, 0.2) is 5.69 Å². The van der Waals surface area contributed by atoms with Gasteiger partial charge < -0.3 is 16.0 Å². The Hall–Kier alpha value is -2.45. The largest absolute Gasteiger partial charge is 0.342 e. The first-order valence-corrected chi connectivity index (χ1v) is 8.87. The molecule has 1 aromatic heterocycles. The van der Waals surface area contributed by atoms with Crippen molar-refractivity contribution in [3.8, 4) is 0 Å². The monoisotopic (exact) mass is 376 g/mol. The normalized spacial score (nSPS) is 14.8. The molecule has 0 saturated carbocycles. The van der Waals surface area contributed by atoms with Crippen molar-refractivity contribution in [2.45, 2.75) is 25.8 Å². The first kappa shape index (κ1) is 18.3. The Labute approximate surface area is 156 Å². The van der Waals surface area contributed by atoms with E-state index in [-0.39, 0.29) is 24.2 Å². The number of hydrogen-bond acceptors (Lipinski definition) is 5. The van der Waals surface area contributed by atoms with Gasteiger partial charge in [-0.05, 0) is 50.6 Å². The number of nitrogens with one attached hydrogen (secondary N) is 3. The van der Waals surface area contributed by atoms with Crippen LogP contribution < -0.4 is 16.0 Å². The lowest BCUT2D eigenvalue weighted by Gasteiger charge is -2.22. The SMILES string of the molecule is Cc1ccc(NC(=O)CNC(=O)c2cn(C3CCNCC3)nn2)c(Cl)c1. The maximum absolute atomic E-state index is 12.2. The van der Waals surface area contributed by atoms with Crippen molar-refractivity contribution >= 4 is 29.1 Å². The Morgan fingerprint density at radius 1 is 1.35 bits per heavy atom. The van der Waals surface area contributed by atoms with E-state index in [1.807, 2.05) is 13.0 Å². The molecule has 0 unspecified atom stereocenters. The van der Waals surface area contributed by atoms with Gasteiger partial charge in [0, 0.05) is 0 Å². The lowest BCUT2D eigenvalue weighted by Crippen LogP contribution is -2.33. The molecule has 26 heavy (non-hydrogen) atoms. The van der Waals surface area contributed by atoms with E-state index in [9.17, 15) is 9.59 Å². The van der Waals surface area contributed by atoms with Crippen LogP contribution >= 0.6 is 11.6 Å². The number of halogens is 1. The van der Waals surface area contributed by atoms with Gasteiger partial charge in [-0.1, -0.05) is 22.9 Å². The predicted octanol–water partition coefficient (Wildman–Crippen LogP) is 1.53. The second kappa shape index (κ2) is 8.29. The van der Waals surface area contributed by atoms with Crippen LogP contribution in [0.2, 0.25) is 5.02 Å². The molecule has 0 radical (unpaired) electrons.